The van der Waals surface area contributed by atoms with Gasteiger partial charge in [-0.2, -0.15) is 0 Å². The van der Waals surface area contributed by atoms with Crippen LogP contribution in [0, 0.1) is 0 Å². The summed E-state index contributed by atoms with van der Waals surface area (Å²) in [6.45, 7) is 2.94. The average molecular weight is 306 g/mol. The summed E-state index contributed by atoms with van der Waals surface area (Å²) in [5, 5.41) is 2.62. The Hall–Kier alpha value is -1.82. The van der Waals surface area contributed by atoms with E-state index in [4.69, 9.17) is 0 Å². The molecule has 1 aromatic carbocycles. The number of hydrogen-bond acceptors (Lipinski definition) is 4. The maximum Gasteiger partial charge on any atom is 0.289 e. The first-order valence-electron chi connectivity index (χ1n) is 6.96. The molecule has 0 unspecified atom stereocenters. The molecule has 3 amide bonds. The number of nitrogens with one attached hydrogen (secondary N) is 1. The zero-order valence-corrected chi connectivity index (χ0v) is 12.7. The van der Waals surface area contributed by atoms with E-state index < -0.39 is 0 Å². The van der Waals surface area contributed by atoms with Crippen LogP contribution in [-0.4, -0.2) is 34.3 Å². The molecule has 0 spiro atoms. The van der Waals surface area contributed by atoms with Crippen LogP contribution in [0.4, 0.5) is 4.79 Å². The number of carbonyl (C=O) groups excluding carboxylic acids is 3. The predicted octanol–water partition coefficient (Wildman–Crippen LogP) is 2.41. The zero-order valence-electron chi connectivity index (χ0n) is 11.9. The largest absolute Gasteiger partial charge is 0.352 e. The molecule has 0 radical (unpaired) electrons. The van der Waals surface area contributed by atoms with E-state index in [0.29, 0.717) is 12.1 Å². The van der Waals surface area contributed by atoms with Gasteiger partial charge in [-0.1, -0.05) is 37.2 Å². The first kappa shape index (κ1) is 15.6. The lowest BCUT2D eigenvalue weighted by Gasteiger charge is -2.13. The summed E-state index contributed by atoms with van der Waals surface area (Å²) < 4.78 is 0. The van der Waals surface area contributed by atoms with Crippen molar-refractivity contribution >= 4 is 28.8 Å². The van der Waals surface area contributed by atoms with E-state index in [1.165, 1.54) is 4.90 Å². The molecule has 0 bridgehead atoms. The number of imide groups is 1. The highest BCUT2D eigenvalue weighted by Gasteiger charge is 2.29. The standard InChI is InChI=1S/C15H18N2O3S/c1-2-3-7-16-14(19)12-6-4-5-11(8-12)9-17-13(18)10-21-15(17)20/h4-6,8H,2-3,7,9-10H2,1H3,(H,16,19). The van der Waals surface area contributed by atoms with Crippen molar-refractivity contribution < 1.29 is 14.4 Å². The predicted molar refractivity (Wildman–Crippen MR) is 82.1 cm³/mol. The van der Waals surface area contributed by atoms with Gasteiger partial charge >= 0.3 is 0 Å². The molecule has 0 atom stereocenters. The Morgan fingerprint density at radius 1 is 1.38 bits per heavy atom. The number of hydrogen-bond donors (Lipinski definition) is 1. The molecule has 0 aromatic heterocycles. The molecule has 5 nitrogen and oxygen atoms in total. The third kappa shape index (κ3) is 4.07. The Morgan fingerprint density at radius 2 is 2.19 bits per heavy atom. The van der Waals surface area contributed by atoms with Crippen LogP contribution in [-0.2, 0) is 11.3 Å². The number of thioether (sulfide) groups is 1. The molecule has 0 aliphatic carbocycles. The molecule has 2 rings (SSSR count). The highest BCUT2D eigenvalue weighted by atomic mass is 32.2. The zero-order chi connectivity index (χ0) is 15.2. The molecular formula is C15H18N2O3S. The minimum atomic E-state index is -0.224. The van der Waals surface area contributed by atoms with Gasteiger partial charge in [-0.05, 0) is 24.1 Å². The van der Waals surface area contributed by atoms with Crippen molar-refractivity contribution in [3.8, 4) is 0 Å². The van der Waals surface area contributed by atoms with E-state index in [-0.39, 0.29) is 29.4 Å². The summed E-state index contributed by atoms with van der Waals surface area (Å²) in [6.07, 6.45) is 1.97. The Balaban J connectivity index is 2.02. The molecule has 6 heteroatoms. The van der Waals surface area contributed by atoms with Crippen LogP contribution < -0.4 is 5.32 Å². The molecule has 1 aliphatic rings. The summed E-state index contributed by atoms with van der Waals surface area (Å²) in [7, 11) is 0. The monoisotopic (exact) mass is 306 g/mol. The van der Waals surface area contributed by atoms with Gasteiger partial charge in [0.05, 0.1) is 12.3 Å². The lowest BCUT2D eigenvalue weighted by Crippen LogP contribution is -2.28. The number of rotatable bonds is 6. The molecule has 21 heavy (non-hydrogen) atoms. The van der Waals surface area contributed by atoms with Gasteiger partial charge in [0.2, 0.25) is 5.91 Å². The summed E-state index contributed by atoms with van der Waals surface area (Å²) in [4.78, 5) is 36.4. The maximum atomic E-state index is 12.0. The number of benzene rings is 1. The quantitative estimate of drug-likeness (QED) is 0.820. The third-order valence-electron chi connectivity index (χ3n) is 3.19. The molecule has 1 aromatic rings. The molecule has 1 aliphatic heterocycles. The second kappa shape index (κ2) is 7.26. The second-order valence-electron chi connectivity index (χ2n) is 4.84. The number of carbonyl (C=O) groups is 3. The minimum absolute atomic E-state index is 0.126. The molecule has 0 saturated carbocycles. The third-order valence-corrected chi connectivity index (χ3v) is 4.04. The van der Waals surface area contributed by atoms with Crippen LogP contribution in [0.15, 0.2) is 24.3 Å². The minimum Gasteiger partial charge on any atom is -0.352 e. The summed E-state index contributed by atoms with van der Waals surface area (Å²) in [5.74, 6) is -0.0997. The molecule has 112 valence electrons. The van der Waals surface area contributed by atoms with E-state index in [2.05, 4.69) is 12.2 Å². The Kier molecular flexibility index (Phi) is 5.38. The van der Waals surface area contributed by atoms with Gasteiger partial charge in [-0.3, -0.25) is 19.3 Å². The van der Waals surface area contributed by atoms with E-state index in [9.17, 15) is 14.4 Å². The van der Waals surface area contributed by atoms with Gasteiger partial charge in [0, 0.05) is 12.1 Å². The fourth-order valence-electron chi connectivity index (χ4n) is 2.01. The van der Waals surface area contributed by atoms with Gasteiger partial charge in [0.25, 0.3) is 11.1 Å². The van der Waals surface area contributed by atoms with Crippen molar-refractivity contribution in [2.75, 3.05) is 12.3 Å². The van der Waals surface area contributed by atoms with E-state index >= 15 is 0 Å². The Bertz CT molecular complexity index is 544. The molecule has 1 heterocycles. The SMILES string of the molecule is CCCCNC(=O)c1cccc(CN2C(=O)CSC2=O)c1. The van der Waals surface area contributed by atoms with Crippen LogP contribution in [0.3, 0.4) is 0 Å². The van der Waals surface area contributed by atoms with Gasteiger partial charge < -0.3 is 5.32 Å². The number of amides is 3. The average Bonchev–Trinajstić information content (AvgIpc) is 2.80. The van der Waals surface area contributed by atoms with Gasteiger partial charge in [-0.15, -0.1) is 0 Å². The fourth-order valence-corrected chi connectivity index (χ4v) is 2.73. The highest BCUT2D eigenvalue weighted by molar-refractivity contribution is 8.14. The fraction of sp³-hybridized carbons (Fsp3) is 0.400. The van der Waals surface area contributed by atoms with E-state index in [0.717, 1.165) is 30.2 Å². The van der Waals surface area contributed by atoms with Crippen LogP contribution in [0.2, 0.25) is 0 Å². The topological polar surface area (TPSA) is 66.5 Å². The number of nitrogens with zero attached hydrogens (tertiary/aromatic N) is 1. The second-order valence-corrected chi connectivity index (χ2v) is 5.77. The molecule has 1 saturated heterocycles. The van der Waals surface area contributed by atoms with E-state index in [1.54, 1.807) is 18.2 Å². The van der Waals surface area contributed by atoms with Gasteiger partial charge in [-0.25, -0.2) is 0 Å². The Morgan fingerprint density at radius 3 is 2.86 bits per heavy atom. The van der Waals surface area contributed by atoms with Crippen molar-refractivity contribution in [3.63, 3.8) is 0 Å². The van der Waals surface area contributed by atoms with Crippen LogP contribution in [0.5, 0.6) is 0 Å². The summed E-state index contributed by atoms with van der Waals surface area (Å²) in [5.41, 5.74) is 1.33. The lowest BCUT2D eigenvalue weighted by molar-refractivity contribution is -0.125. The molecular weight excluding hydrogens is 288 g/mol. The summed E-state index contributed by atoms with van der Waals surface area (Å²) in [6, 6.07) is 7.03. The lowest BCUT2D eigenvalue weighted by atomic mass is 10.1. The highest BCUT2D eigenvalue weighted by Crippen LogP contribution is 2.21. The number of unbranched alkanes of at least 4 members (excludes halogenated alkanes) is 1. The van der Waals surface area contributed by atoms with Crippen LogP contribution in [0.1, 0.15) is 35.7 Å². The van der Waals surface area contributed by atoms with Gasteiger partial charge in [0.1, 0.15) is 0 Å². The molecule has 1 fully saturated rings. The molecule has 1 N–H and O–H groups in total. The van der Waals surface area contributed by atoms with Crippen LogP contribution in [0.25, 0.3) is 0 Å². The van der Waals surface area contributed by atoms with Crippen LogP contribution >= 0.6 is 11.8 Å². The normalized spacial score (nSPS) is 14.6. The maximum absolute atomic E-state index is 12.0. The van der Waals surface area contributed by atoms with Crippen molar-refractivity contribution in [2.45, 2.75) is 26.3 Å². The summed E-state index contributed by atoms with van der Waals surface area (Å²) >= 11 is 1.01. The van der Waals surface area contributed by atoms with Crippen molar-refractivity contribution in [3.05, 3.63) is 35.4 Å². The van der Waals surface area contributed by atoms with E-state index in [1.807, 2.05) is 6.07 Å². The van der Waals surface area contributed by atoms with Crippen molar-refractivity contribution in [1.82, 2.24) is 10.2 Å². The van der Waals surface area contributed by atoms with Crippen molar-refractivity contribution in [1.29, 1.82) is 0 Å². The van der Waals surface area contributed by atoms with Crippen molar-refractivity contribution in [2.24, 2.45) is 0 Å². The Labute approximate surface area is 128 Å². The van der Waals surface area contributed by atoms with Gasteiger partial charge in [0.15, 0.2) is 0 Å². The first-order valence-corrected chi connectivity index (χ1v) is 7.94. The smallest absolute Gasteiger partial charge is 0.289 e. The first-order chi connectivity index (χ1) is 10.1.